The molecule has 1 heterocycles. The smallest absolute Gasteiger partial charge is 0.325 e. The average molecular weight is 377 g/mol. The molecule has 1 aromatic rings. The van der Waals surface area contributed by atoms with E-state index in [9.17, 15) is 19.5 Å². The minimum absolute atomic E-state index is 0.0935. The molecule has 1 unspecified atom stereocenters. The van der Waals surface area contributed by atoms with Crippen molar-refractivity contribution in [3.63, 3.8) is 0 Å². The van der Waals surface area contributed by atoms with Gasteiger partial charge in [-0.15, -0.1) is 0 Å². The summed E-state index contributed by atoms with van der Waals surface area (Å²) in [7, 11) is 1.57. The van der Waals surface area contributed by atoms with Crippen molar-refractivity contribution in [2.75, 3.05) is 13.7 Å². The quantitative estimate of drug-likeness (QED) is 0.557. The Bertz CT molecular complexity index is 674. The van der Waals surface area contributed by atoms with Crippen LogP contribution in [0, 0.1) is 5.92 Å². The first-order valence-corrected chi connectivity index (χ1v) is 9.00. The lowest BCUT2D eigenvalue weighted by atomic mass is 10.0. The fourth-order valence-electron chi connectivity index (χ4n) is 2.81. The number of imide groups is 1. The van der Waals surface area contributed by atoms with Crippen molar-refractivity contribution < 1.29 is 24.2 Å². The van der Waals surface area contributed by atoms with E-state index in [0.717, 1.165) is 10.5 Å². The van der Waals surface area contributed by atoms with Gasteiger partial charge in [0.15, 0.2) is 0 Å². The summed E-state index contributed by atoms with van der Waals surface area (Å²) in [5.74, 6) is 0.207. The number of hydrogen-bond donors (Lipinski definition) is 3. The number of amides is 4. The van der Waals surface area contributed by atoms with Gasteiger partial charge in [0, 0.05) is 6.42 Å². The van der Waals surface area contributed by atoms with Gasteiger partial charge in [0.25, 0.3) is 5.91 Å². The van der Waals surface area contributed by atoms with Gasteiger partial charge in [-0.3, -0.25) is 14.5 Å². The standard InChI is InChI=1S/C19H27N3O5/c1-12(2)16(11-23)20-17(24)9-8-15-18(25)22(19(26)21-15)10-13-4-6-14(27-3)7-5-13/h4-7,12,15-16,23H,8-11H2,1-3H3,(H,20,24)(H,21,26)/t15?,16-/m1/s1. The summed E-state index contributed by atoms with van der Waals surface area (Å²) in [6, 6.07) is 5.62. The predicted molar refractivity (Wildman–Crippen MR) is 99.0 cm³/mol. The van der Waals surface area contributed by atoms with E-state index in [4.69, 9.17) is 4.74 Å². The molecule has 1 fully saturated rings. The molecule has 0 spiro atoms. The summed E-state index contributed by atoms with van der Waals surface area (Å²) in [5.41, 5.74) is 0.806. The number of methoxy groups -OCH3 is 1. The van der Waals surface area contributed by atoms with E-state index in [1.54, 1.807) is 31.4 Å². The number of aliphatic hydroxyl groups is 1. The van der Waals surface area contributed by atoms with Crippen molar-refractivity contribution in [3.05, 3.63) is 29.8 Å². The molecule has 1 aliphatic rings. The Hall–Kier alpha value is -2.61. The maximum Gasteiger partial charge on any atom is 0.325 e. The molecule has 2 atom stereocenters. The van der Waals surface area contributed by atoms with E-state index in [2.05, 4.69) is 10.6 Å². The van der Waals surface area contributed by atoms with Crippen LogP contribution in [0.4, 0.5) is 4.79 Å². The minimum Gasteiger partial charge on any atom is -0.497 e. The van der Waals surface area contributed by atoms with Crippen molar-refractivity contribution in [2.45, 2.75) is 45.3 Å². The first-order chi connectivity index (χ1) is 12.8. The van der Waals surface area contributed by atoms with Gasteiger partial charge >= 0.3 is 6.03 Å². The molecule has 27 heavy (non-hydrogen) atoms. The first-order valence-electron chi connectivity index (χ1n) is 9.00. The van der Waals surface area contributed by atoms with Crippen LogP contribution in [0.15, 0.2) is 24.3 Å². The summed E-state index contributed by atoms with van der Waals surface area (Å²) < 4.78 is 5.09. The number of hydrogen-bond acceptors (Lipinski definition) is 5. The van der Waals surface area contributed by atoms with Crippen LogP contribution in [0.3, 0.4) is 0 Å². The lowest BCUT2D eigenvalue weighted by Gasteiger charge is -2.20. The van der Waals surface area contributed by atoms with Gasteiger partial charge in [-0.05, 0) is 30.0 Å². The van der Waals surface area contributed by atoms with Gasteiger partial charge in [-0.1, -0.05) is 26.0 Å². The van der Waals surface area contributed by atoms with Gasteiger partial charge in [-0.2, -0.15) is 0 Å². The zero-order valence-electron chi connectivity index (χ0n) is 15.9. The summed E-state index contributed by atoms with van der Waals surface area (Å²) in [6.07, 6.45) is 0.308. The van der Waals surface area contributed by atoms with Gasteiger partial charge in [-0.25, -0.2) is 4.79 Å². The highest BCUT2D eigenvalue weighted by Gasteiger charge is 2.37. The maximum atomic E-state index is 12.5. The molecular formula is C19H27N3O5. The monoisotopic (exact) mass is 377 g/mol. The molecular weight excluding hydrogens is 350 g/mol. The summed E-state index contributed by atoms with van der Waals surface area (Å²) in [4.78, 5) is 37.8. The van der Waals surface area contributed by atoms with Crippen LogP contribution in [-0.2, 0) is 16.1 Å². The van der Waals surface area contributed by atoms with Crippen LogP contribution in [-0.4, -0.2) is 53.7 Å². The van der Waals surface area contributed by atoms with Crippen LogP contribution in [0.2, 0.25) is 0 Å². The third-order valence-corrected chi connectivity index (χ3v) is 4.61. The largest absolute Gasteiger partial charge is 0.497 e. The highest BCUT2D eigenvalue weighted by molar-refractivity contribution is 6.04. The zero-order valence-corrected chi connectivity index (χ0v) is 15.9. The molecule has 0 saturated carbocycles. The highest BCUT2D eigenvalue weighted by atomic mass is 16.5. The van der Waals surface area contributed by atoms with Crippen molar-refractivity contribution in [1.82, 2.24) is 15.5 Å². The van der Waals surface area contributed by atoms with Gasteiger partial charge in [0.05, 0.1) is 26.3 Å². The van der Waals surface area contributed by atoms with Crippen LogP contribution in [0.5, 0.6) is 5.75 Å². The fourth-order valence-corrected chi connectivity index (χ4v) is 2.81. The maximum absolute atomic E-state index is 12.5. The van der Waals surface area contributed by atoms with Gasteiger partial charge < -0.3 is 20.5 Å². The van der Waals surface area contributed by atoms with E-state index in [0.29, 0.717) is 5.75 Å². The number of ether oxygens (including phenoxy) is 1. The Morgan fingerprint density at radius 3 is 2.52 bits per heavy atom. The zero-order chi connectivity index (χ0) is 20.0. The molecule has 1 saturated heterocycles. The molecule has 1 aliphatic heterocycles. The number of urea groups is 1. The third-order valence-electron chi connectivity index (χ3n) is 4.61. The van der Waals surface area contributed by atoms with Crippen LogP contribution >= 0.6 is 0 Å². The molecule has 0 bridgehead atoms. The summed E-state index contributed by atoms with van der Waals surface area (Å²) in [5, 5.41) is 14.6. The van der Waals surface area contributed by atoms with Crippen LogP contribution < -0.4 is 15.4 Å². The molecule has 0 aromatic heterocycles. The summed E-state index contributed by atoms with van der Waals surface area (Å²) in [6.45, 7) is 3.83. The Morgan fingerprint density at radius 2 is 1.96 bits per heavy atom. The predicted octanol–water partition coefficient (Wildman–Crippen LogP) is 1.03. The number of carbonyl (C=O) groups is 3. The van der Waals surface area contributed by atoms with Crippen LogP contribution in [0.25, 0.3) is 0 Å². The number of benzene rings is 1. The molecule has 1 aromatic carbocycles. The Morgan fingerprint density at radius 1 is 1.30 bits per heavy atom. The van der Waals surface area contributed by atoms with Gasteiger partial charge in [0.2, 0.25) is 5.91 Å². The average Bonchev–Trinajstić information content (AvgIpc) is 2.92. The molecule has 8 nitrogen and oxygen atoms in total. The third kappa shape index (κ3) is 5.43. The van der Waals surface area contributed by atoms with Crippen molar-refractivity contribution in [1.29, 1.82) is 0 Å². The number of carbonyl (C=O) groups excluding carboxylic acids is 3. The Kier molecular flexibility index (Phi) is 7.18. The van der Waals surface area contributed by atoms with E-state index >= 15 is 0 Å². The van der Waals surface area contributed by atoms with Crippen LogP contribution in [0.1, 0.15) is 32.3 Å². The minimum atomic E-state index is -0.715. The van der Waals surface area contributed by atoms with E-state index in [1.165, 1.54) is 0 Å². The van der Waals surface area contributed by atoms with Crippen molar-refractivity contribution in [3.8, 4) is 5.75 Å². The van der Waals surface area contributed by atoms with Gasteiger partial charge in [0.1, 0.15) is 11.8 Å². The second kappa shape index (κ2) is 9.36. The number of nitrogens with zero attached hydrogens (tertiary/aromatic N) is 1. The summed E-state index contributed by atoms with van der Waals surface area (Å²) >= 11 is 0. The van der Waals surface area contributed by atoms with E-state index in [1.807, 2.05) is 13.8 Å². The fraction of sp³-hybridized carbons (Fsp3) is 0.526. The van der Waals surface area contributed by atoms with E-state index < -0.39 is 12.1 Å². The lowest BCUT2D eigenvalue weighted by molar-refractivity contribution is -0.128. The molecule has 4 amide bonds. The van der Waals surface area contributed by atoms with Crippen molar-refractivity contribution >= 4 is 17.8 Å². The first kappa shape index (κ1) is 20.7. The second-order valence-corrected chi connectivity index (χ2v) is 6.91. The topological polar surface area (TPSA) is 108 Å². The molecule has 2 rings (SSSR count). The lowest BCUT2D eigenvalue weighted by Crippen LogP contribution is -2.42. The Balaban J connectivity index is 1.88. The number of rotatable bonds is 9. The number of aliphatic hydroxyl groups excluding tert-OH is 1. The van der Waals surface area contributed by atoms with E-state index in [-0.39, 0.29) is 49.8 Å². The molecule has 8 heteroatoms. The Labute approximate surface area is 158 Å². The molecule has 148 valence electrons. The van der Waals surface area contributed by atoms with Crippen molar-refractivity contribution in [2.24, 2.45) is 5.92 Å². The number of nitrogens with one attached hydrogen (secondary N) is 2. The highest BCUT2D eigenvalue weighted by Crippen LogP contribution is 2.17. The molecule has 0 radical (unpaired) electrons. The SMILES string of the molecule is COc1ccc(CN2C(=O)NC(CCC(=O)N[C@H](CO)C(C)C)C2=O)cc1. The normalized spacial score (nSPS) is 17.8. The second-order valence-electron chi connectivity index (χ2n) is 6.91. The molecule has 3 N–H and O–H groups in total. The molecule has 0 aliphatic carbocycles.